The number of halogens is 1. The number of carbonyl (C=O) groups excluding carboxylic acids is 1. The van der Waals surface area contributed by atoms with E-state index in [9.17, 15) is 4.79 Å². The summed E-state index contributed by atoms with van der Waals surface area (Å²) >= 11 is 0. The lowest BCUT2D eigenvalue weighted by molar-refractivity contribution is -0.116. The van der Waals surface area contributed by atoms with Crippen molar-refractivity contribution in [3.05, 3.63) is 30.1 Å². The zero-order valence-electron chi connectivity index (χ0n) is 12.4. The molecule has 2 aromatic rings. The Morgan fingerprint density at radius 1 is 1.32 bits per heavy atom. The highest BCUT2D eigenvalue weighted by Crippen LogP contribution is 2.38. The van der Waals surface area contributed by atoms with E-state index >= 15 is 0 Å². The first-order chi connectivity index (χ1) is 10.3. The Morgan fingerprint density at radius 3 is 2.68 bits per heavy atom. The third kappa shape index (κ3) is 4.05. The molecule has 0 unspecified atom stereocenters. The lowest BCUT2D eigenvalue weighted by Crippen LogP contribution is -2.18. The maximum Gasteiger partial charge on any atom is 0.225 e. The van der Waals surface area contributed by atoms with Crippen molar-refractivity contribution in [2.45, 2.75) is 25.2 Å². The molecule has 1 fully saturated rings. The van der Waals surface area contributed by atoms with Gasteiger partial charge in [0, 0.05) is 30.1 Å². The summed E-state index contributed by atoms with van der Waals surface area (Å²) in [6.45, 7) is 0.672. The van der Waals surface area contributed by atoms with Crippen LogP contribution >= 0.6 is 12.4 Å². The van der Waals surface area contributed by atoms with Gasteiger partial charge in [-0.3, -0.25) is 9.89 Å². The molecule has 1 aromatic carbocycles. The van der Waals surface area contributed by atoms with Crippen LogP contribution in [-0.2, 0) is 4.79 Å². The number of hydrogen-bond donors (Lipinski definition) is 3. The normalized spacial score (nSPS) is 13.5. The molecule has 22 heavy (non-hydrogen) atoms. The number of aromatic amines is 1. The first-order valence-corrected chi connectivity index (χ1v) is 7.23. The SMILES string of the molecule is CNCCC(=O)Nc1ccc(-c2n[nH]c(C3CC3)n2)cc1.Cl. The predicted molar refractivity (Wildman–Crippen MR) is 88.2 cm³/mol. The standard InChI is InChI=1S/C15H19N5O.ClH/c1-16-9-8-13(21)17-12-6-4-11(5-7-12)15-18-14(19-20-15)10-2-3-10;/h4-7,10,16H,2-3,8-9H2,1H3,(H,17,21)(H,18,19,20);1H. The summed E-state index contributed by atoms with van der Waals surface area (Å²) in [5.41, 5.74) is 1.74. The second kappa shape index (κ2) is 7.38. The van der Waals surface area contributed by atoms with Crippen LogP contribution < -0.4 is 10.6 Å². The Balaban J connectivity index is 0.00000176. The van der Waals surface area contributed by atoms with Gasteiger partial charge in [0.2, 0.25) is 5.91 Å². The second-order valence-electron chi connectivity index (χ2n) is 5.30. The Hall–Kier alpha value is -1.92. The molecule has 1 aliphatic carbocycles. The summed E-state index contributed by atoms with van der Waals surface area (Å²) < 4.78 is 0. The number of amides is 1. The number of H-pyrrole nitrogens is 1. The van der Waals surface area contributed by atoms with Gasteiger partial charge in [-0.2, -0.15) is 5.10 Å². The fraction of sp³-hybridized carbons (Fsp3) is 0.400. The third-order valence-electron chi connectivity index (χ3n) is 3.50. The number of hydrogen-bond acceptors (Lipinski definition) is 4. The number of anilines is 1. The topological polar surface area (TPSA) is 82.7 Å². The number of aromatic nitrogens is 3. The van der Waals surface area contributed by atoms with Crippen LogP contribution in [0.4, 0.5) is 5.69 Å². The average molecular weight is 322 g/mol. The number of carbonyl (C=O) groups is 1. The van der Waals surface area contributed by atoms with Crippen LogP contribution in [0.2, 0.25) is 0 Å². The second-order valence-corrected chi connectivity index (χ2v) is 5.30. The fourth-order valence-electron chi connectivity index (χ4n) is 2.11. The van der Waals surface area contributed by atoms with Gasteiger partial charge in [-0.1, -0.05) is 0 Å². The number of rotatable bonds is 6. The molecule has 1 aliphatic rings. The number of nitrogens with one attached hydrogen (secondary N) is 3. The quantitative estimate of drug-likeness (QED) is 0.762. The van der Waals surface area contributed by atoms with E-state index in [-0.39, 0.29) is 18.3 Å². The van der Waals surface area contributed by atoms with E-state index in [0.29, 0.717) is 24.7 Å². The van der Waals surface area contributed by atoms with E-state index in [4.69, 9.17) is 0 Å². The average Bonchev–Trinajstić information content (AvgIpc) is 3.24. The summed E-state index contributed by atoms with van der Waals surface area (Å²) in [5, 5.41) is 13.1. The van der Waals surface area contributed by atoms with Crippen molar-refractivity contribution < 1.29 is 4.79 Å². The van der Waals surface area contributed by atoms with Gasteiger partial charge in [-0.15, -0.1) is 12.4 Å². The van der Waals surface area contributed by atoms with Gasteiger partial charge in [0.1, 0.15) is 5.82 Å². The van der Waals surface area contributed by atoms with Crippen LogP contribution in [0.15, 0.2) is 24.3 Å². The molecule has 0 radical (unpaired) electrons. The van der Waals surface area contributed by atoms with Crippen molar-refractivity contribution in [3.63, 3.8) is 0 Å². The van der Waals surface area contributed by atoms with Crippen molar-refractivity contribution in [1.29, 1.82) is 0 Å². The Morgan fingerprint density at radius 2 is 2.05 bits per heavy atom. The van der Waals surface area contributed by atoms with Gasteiger partial charge < -0.3 is 10.6 Å². The highest BCUT2D eigenvalue weighted by Gasteiger charge is 2.27. The van der Waals surface area contributed by atoms with Crippen molar-refractivity contribution in [2.24, 2.45) is 0 Å². The van der Waals surface area contributed by atoms with Crippen LogP contribution in [0.1, 0.15) is 31.0 Å². The highest BCUT2D eigenvalue weighted by atomic mass is 35.5. The molecule has 1 amide bonds. The van der Waals surface area contributed by atoms with Crippen molar-refractivity contribution in [2.75, 3.05) is 18.9 Å². The van der Waals surface area contributed by atoms with Gasteiger partial charge in [0.15, 0.2) is 5.82 Å². The zero-order chi connectivity index (χ0) is 14.7. The first-order valence-electron chi connectivity index (χ1n) is 7.23. The molecule has 0 atom stereocenters. The molecule has 0 saturated heterocycles. The molecule has 3 N–H and O–H groups in total. The molecule has 7 heteroatoms. The van der Waals surface area contributed by atoms with Crippen molar-refractivity contribution >= 4 is 24.0 Å². The molecular weight excluding hydrogens is 302 g/mol. The van der Waals surface area contributed by atoms with Gasteiger partial charge in [0.25, 0.3) is 0 Å². The minimum Gasteiger partial charge on any atom is -0.326 e. The minimum absolute atomic E-state index is 0. The first kappa shape index (κ1) is 16.5. The van der Waals surface area contributed by atoms with Crippen LogP contribution in [-0.4, -0.2) is 34.7 Å². The van der Waals surface area contributed by atoms with E-state index < -0.39 is 0 Å². The fourth-order valence-corrected chi connectivity index (χ4v) is 2.11. The summed E-state index contributed by atoms with van der Waals surface area (Å²) in [6.07, 6.45) is 2.86. The van der Waals surface area contributed by atoms with Crippen LogP contribution in [0.3, 0.4) is 0 Å². The van der Waals surface area contributed by atoms with Crippen LogP contribution in [0, 0.1) is 0 Å². The maximum atomic E-state index is 11.6. The molecule has 6 nitrogen and oxygen atoms in total. The van der Waals surface area contributed by atoms with Crippen molar-refractivity contribution in [3.8, 4) is 11.4 Å². The molecule has 1 heterocycles. The molecular formula is C15H20ClN5O. The van der Waals surface area contributed by atoms with E-state index in [2.05, 4.69) is 25.8 Å². The Bertz CT molecular complexity index is 621. The van der Waals surface area contributed by atoms with Gasteiger partial charge in [0.05, 0.1) is 0 Å². The van der Waals surface area contributed by atoms with Gasteiger partial charge in [-0.25, -0.2) is 4.98 Å². The lowest BCUT2D eigenvalue weighted by Gasteiger charge is -2.05. The molecule has 1 aromatic heterocycles. The van der Waals surface area contributed by atoms with Crippen molar-refractivity contribution in [1.82, 2.24) is 20.5 Å². The van der Waals surface area contributed by atoms with E-state index in [1.165, 1.54) is 12.8 Å². The molecule has 118 valence electrons. The minimum atomic E-state index is 0. The summed E-state index contributed by atoms with van der Waals surface area (Å²) in [4.78, 5) is 16.1. The Kier molecular flexibility index (Phi) is 5.51. The van der Waals surface area contributed by atoms with E-state index in [1.54, 1.807) is 0 Å². The summed E-state index contributed by atoms with van der Waals surface area (Å²) in [5.74, 6) is 2.27. The smallest absolute Gasteiger partial charge is 0.225 e. The summed E-state index contributed by atoms with van der Waals surface area (Å²) in [7, 11) is 1.83. The maximum absolute atomic E-state index is 11.6. The van der Waals surface area contributed by atoms with E-state index in [0.717, 1.165) is 17.1 Å². The van der Waals surface area contributed by atoms with E-state index in [1.807, 2.05) is 31.3 Å². The molecule has 0 bridgehead atoms. The lowest BCUT2D eigenvalue weighted by atomic mass is 10.2. The van der Waals surface area contributed by atoms with Gasteiger partial charge >= 0.3 is 0 Å². The van der Waals surface area contributed by atoms with Crippen LogP contribution in [0.25, 0.3) is 11.4 Å². The van der Waals surface area contributed by atoms with Gasteiger partial charge in [-0.05, 0) is 44.2 Å². The molecule has 0 aliphatic heterocycles. The molecule has 0 spiro atoms. The highest BCUT2D eigenvalue weighted by molar-refractivity contribution is 5.91. The predicted octanol–water partition coefficient (Wildman–Crippen LogP) is 2.32. The number of nitrogens with zero attached hydrogens (tertiary/aromatic N) is 2. The molecule has 1 saturated carbocycles. The number of benzene rings is 1. The third-order valence-corrected chi connectivity index (χ3v) is 3.50. The zero-order valence-corrected chi connectivity index (χ0v) is 13.2. The largest absolute Gasteiger partial charge is 0.326 e. The summed E-state index contributed by atoms with van der Waals surface area (Å²) in [6, 6.07) is 7.60. The Labute approximate surface area is 135 Å². The van der Waals surface area contributed by atoms with Crippen LogP contribution in [0.5, 0.6) is 0 Å². The monoisotopic (exact) mass is 321 g/mol. The molecule has 3 rings (SSSR count).